The first-order valence-electron chi connectivity index (χ1n) is 7.55. The van der Waals surface area contributed by atoms with E-state index in [0.717, 1.165) is 32.5 Å². The van der Waals surface area contributed by atoms with Gasteiger partial charge in [-0.15, -0.1) is 0 Å². The molecule has 0 saturated carbocycles. The molecule has 0 amide bonds. The number of pyridine rings is 1. The molecule has 1 aliphatic heterocycles. The highest BCUT2D eigenvalue weighted by Crippen LogP contribution is 2.25. The van der Waals surface area contributed by atoms with Crippen LogP contribution in [0.5, 0.6) is 0 Å². The second-order valence-corrected chi connectivity index (χ2v) is 6.11. The van der Waals surface area contributed by atoms with Gasteiger partial charge >= 0.3 is 5.97 Å². The van der Waals surface area contributed by atoms with Gasteiger partial charge in [0, 0.05) is 37.9 Å². The average Bonchev–Trinajstić information content (AvgIpc) is 2.46. The monoisotopic (exact) mass is 291 g/mol. The predicted octanol–water partition coefficient (Wildman–Crippen LogP) is 1.70. The first kappa shape index (κ1) is 15.9. The number of carboxylic acids is 1. The number of piperidine rings is 1. The van der Waals surface area contributed by atoms with Crippen molar-refractivity contribution in [2.75, 3.05) is 27.2 Å². The fourth-order valence-corrected chi connectivity index (χ4v) is 3.26. The molecule has 1 fully saturated rings. The van der Waals surface area contributed by atoms with Crippen molar-refractivity contribution in [3.05, 3.63) is 30.1 Å². The molecule has 1 saturated heterocycles. The molecular weight excluding hydrogens is 266 g/mol. The topological polar surface area (TPSA) is 56.7 Å². The first-order chi connectivity index (χ1) is 10.1. The van der Waals surface area contributed by atoms with E-state index >= 15 is 0 Å². The maximum atomic E-state index is 10.9. The van der Waals surface area contributed by atoms with E-state index in [1.807, 2.05) is 12.3 Å². The van der Waals surface area contributed by atoms with Gasteiger partial charge in [0.05, 0.1) is 0 Å². The molecule has 2 atom stereocenters. The Hall–Kier alpha value is -1.46. The maximum absolute atomic E-state index is 10.9. The Bertz CT molecular complexity index is 450. The van der Waals surface area contributed by atoms with Gasteiger partial charge in [0.1, 0.15) is 0 Å². The molecule has 0 spiro atoms. The Morgan fingerprint density at radius 2 is 2.33 bits per heavy atom. The lowest BCUT2D eigenvalue weighted by Gasteiger charge is -2.41. The lowest BCUT2D eigenvalue weighted by atomic mass is 9.87. The summed E-state index contributed by atoms with van der Waals surface area (Å²) in [5.41, 5.74) is 1.22. The summed E-state index contributed by atoms with van der Waals surface area (Å²) in [6.45, 7) is 2.92. The molecule has 0 aliphatic carbocycles. The summed E-state index contributed by atoms with van der Waals surface area (Å²) in [6.07, 6.45) is 5.80. The number of carboxylic acid groups (broad SMARTS) is 1. The number of carbonyl (C=O) groups is 1. The number of aliphatic carboxylic acids is 1. The zero-order chi connectivity index (χ0) is 15.2. The number of hydrogen-bond acceptors (Lipinski definition) is 4. The van der Waals surface area contributed by atoms with Gasteiger partial charge in [-0.2, -0.15) is 0 Å². The summed E-state index contributed by atoms with van der Waals surface area (Å²) in [7, 11) is 4.18. The Kier molecular flexibility index (Phi) is 5.70. The Morgan fingerprint density at radius 1 is 1.52 bits per heavy atom. The molecule has 116 valence electrons. The first-order valence-corrected chi connectivity index (χ1v) is 7.55. The third kappa shape index (κ3) is 4.79. The highest BCUT2D eigenvalue weighted by molar-refractivity contribution is 5.66. The Balaban J connectivity index is 1.95. The second-order valence-electron chi connectivity index (χ2n) is 6.11. The van der Waals surface area contributed by atoms with E-state index in [-0.39, 0.29) is 6.42 Å². The van der Waals surface area contributed by atoms with Gasteiger partial charge in [0.25, 0.3) is 0 Å². The molecule has 1 aromatic rings. The van der Waals surface area contributed by atoms with Crippen molar-refractivity contribution < 1.29 is 9.90 Å². The van der Waals surface area contributed by atoms with E-state index in [4.69, 9.17) is 5.11 Å². The molecule has 1 aliphatic rings. The minimum atomic E-state index is -0.697. The molecule has 2 rings (SSSR count). The summed E-state index contributed by atoms with van der Waals surface area (Å²) >= 11 is 0. The van der Waals surface area contributed by atoms with Gasteiger partial charge in [-0.25, -0.2) is 0 Å². The summed E-state index contributed by atoms with van der Waals surface area (Å²) in [6, 6.07) is 4.54. The average molecular weight is 291 g/mol. The highest BCUT2D eigenvalue weighted by atomic mass is 16.4. The van der Waals surface area contributed by atoms with Crippen molar-refractivity contribution in [2.45, 2.75) is 31.8 Å². The largest absolute Gasteiger partial charge is 0.481 e. The minimum absolute atomic E-state index is 0.260. The van der Waals surface area contributed by atoms with E-state index in [1.165, 1.54) is 5.56 Å². The van der Waals surface area contributed by atoms with Crippen LogP contribution in [0.25, 0.3) is 0 Å². The highest BCUT2D eigenvalue weighted by Gasteiger charge is 2.30. The van der Waals surface area contributed by atoms with E-state index in [1.54, 1.807) is 6.20 Å². The molecular formula is C16H25N3O2. The fourth-order valence-electron chi connectivity index (χ4n) is 3.26. The third-order valence-electron chi connectivity index (χ3n) is 4.30. The van der Waals surface area contributed by atoms with Crippen LogP contribution in [-0.4, -0.2) is 59.1 Å². The van der Waals surface area contributed by atoms with Crippen molar-refractivity contribution in [1.29, 1.82) is 0 Å². The number of likely N-dealkylation sites (tertiary alicyclic amines) is 1. The molecule has 1 aromatic heterocycles. The minimum Gasteiger partial charge on any atom is -0.481 e. The SMILES string of the molecule is CN(C)[C@@H]1CCN(Cc2cccnc2)C[C@@H]1CCC(=O)O. The van der Waals surface area contributed by atoms with E-state index in [9.17, 15) is 4.79 Å². The Labute approximate surface area is 126 Å². The van der Waals surface area contributed by atoms with Gasteiger partial charge in [0.2, 0.25) is 0 Å². The van der Waals surface area contributed by atoms with Gasteiger partial charge in [-0.05, 0) is 51.0 Å². The standard InChI is InChI=1S/C16H25N3O2/c1-18(2)15-7-9-19(11-13-4-3-8-17-10-13)12-14(15)5-6-16(20)21/h3-4,8,10,14-15H,5-7,9,11-12H2,1-2H3,(H,20,21)/t14-,15+/m0/s1. The van der Waals surface area contributed by atoms with Gasteiger partial charge in [-0.1, -0.05) is 6.07 Å². The van der Waals surface area contributed by atoms with Crippen LogP contribution < -0.4 is 0 Å². The van der Waals surface area contributed by atoms with E-state index in [0.29, 0.717) is 12.0 Å². The predicted molar refractivity (Wildman–Crippen MR) is 82.0 cm³/mol. The molecule has 0 aromatic carbocycles. The molecule has 0 bridgehead atoms. The zero-order valence-electron chi connectivity index (χ0n) is 12.9. The summed E-state index contributed by atoms with van der Waals surface area (Å²) in [4.78, 5) is 19.7. The lowest BCUT2D eigenvalue weighted by molar-refractivity contribution is -0.137. The Morgan fingerprint density at radius 3 is 2.95 bits per heavy atom. The van der Waals surface area contributed by atoms with Crippen LogP contribution in [0.1, 0.15) is 24.8 Å². The number of aromatic nitrogens is 1. The summed E-state index contributed by atoms with van der Waals surface area (Å²) in [5, 5.41) is 8.93. The van der Waals surface area contributed by atoms with Crippen molar-refractivity contribution in [3.8, 4) is 0 Å². The third-order valence-corrected chi connectivity index (χ3v) is 4.30. The van der Waals surface area contributed by atoms with Crippen LogP contribution in [0.15, 0.2) is 24.5 Å². The van der Waals surface area contributed by atoms with Crippen molar-refractivity contribution in [3.63, 3.8) is 0 Å². The zero-order valence-corrected chi connectivity index (χ0v) is 12.9. The van der Waals surface area contributed by atoms with Crippen LogP contribution in [0.2, 0.25) is 0 Å². The van der Waals surface area contributed by atoms with Crippen LogP contribution in [0, 0.1) is 5.92 Å². The summed E-state index contributed by atoms with van der Waals surface area (Å²) < 4.78 is 0. The molecule has 1 N–H and O–H groups in total. The van der Waals surface area contributed by atoms with Gasteiger partial charge in [0.15, 0.2) is 0 Å². The molecule has 5 nitrogen and oxygen atoms in total. The van der Waals surface area contributed by atoms with Crippen LogP contribution >= 0.6 is 0 Å². The van der Waals surface area contributed by atoms with Gasteiger partial charge < -0.3 is 10.0 Å². The molecule has 0 radical (unpaired) electrons. The molecule has 21 heavy (non-hydrogen) atoms. The van der Waals surface area contributed by atoms with Crippen LogP contribution in [-0.2, 0) is 11.3 Å². The number of rotatable bonds is 6. The maximum Gasteiger partial charge on any atom is 0.303 e. The lowest BCUT2D eigenvalue weighted by Crippen LogP contribution is -2.48. The van der Waals surface area contributed by atoms with Gasteiger partial charge in [-0.3, -0.25) is 14.7 Å². The smallest absolute Gasteiger partial charge is 0.303 e. The second kappa shape index (κ2) is 7.52. The van der Waals surface area contributed by atoms with Crippen LogP contribution in [0.4, 0.5) is 0 Å². The quantitative estimate of drug-likeness (QED) is 0.864. The summed E-state index contributed by atoms with van der Waals surface area (Å²) in [5.74, 6) is -0.279. The van der Waals surface area contributed by atoms with E-state index in [2.05, 4.69) is 34.9 Å². The number of nitrogens with zero attached hydrogens (tertiary/aromatic N) is 3. The fraction of sp³-hybridized carbons (Fsp3) is 0.625. The molecule has 0 unspecified atom stereocenters. The molecule has 2 heterocycles. The number of hydrogen-bond donors (Lipinski definition) is 1. The van der Waals surface area contributed by atoms with Crippen molar-refractivity contribution in [2.24, 2.45) is 5.92 Å². The normalized spacial score (nSPS) is 23.4. The molecule has 5 heteroatoms. The van der Waals surface area contributed by atoms with Crippen molar-refractivity contribution >= 4 is 5.97 Å². The van der Waals surface area contributed by atoms with E-state index < -0.39 is 5.97 Å². The van der Waals surface area contributed by atoms with Crippen LogP contribution in [0.3, 0.4) is 0 Å². The van der Waals surface area contributed by atoms with Crippen molar-refractivity contribution in [1.82, 2.24) is 14.8 Å².